The first-order valence-electron chi connectivity index (χ1n) is 19.9. The van der Waals surface area contributed by atoms with Gasteiger partial charge in [0, 0.05) is 13.0 Å². The van der Waals surface area contributed by atoms with Gasteiger partial charge in [-0.05, 0) is 154 Å². The van der Waals surface area contributed by atoms with Crippen molar-refractivity contribution < 1.29 is 25.6 Å². The second-order valence-electron chi connectivity index (χ2n) is 19.1. The van der Waals surface area contributed by atoms with E-state index in [1.54, 1.807) is 11.1 Å². The maximum atomic E-state index is 6.59. The molecule has 0 aliphatic heterocycles. The van der Waals surface area contributed by atoms with Crippen LogP contribution in [0, 0.1) is 113 Å². The average molecular weight is 815 g/mol. The Morgan fingerprint density at radius 2 is 1.10 bits per heavy atom. The Morgan fingerprint density at radius 1 is 0.647 bits per heavy atom. The average Bonchev–Trinajstić information content (AvgIpc) is 3.69. The Hall–Kier alpha value is -0.137. The van der Waals surface area contributed by atoms with Gasteiger partial charge in [-0.25, -0.2) is 0 Å². The molecule has 0 amide bonds. The Morgan fingerprint density at radius 3 is 1.57 bits per heavy atom. The van der Waals surface area contributed by atoms with Gasteiger partial charge in [-0.15, -0.1) is 0 Å². The summed E-state index contributed by atoms with van der Waals surface area (Å²) in [5.74, 6) is 10.6. The molecule has 51 heavy (non-hydrogen) atoms. The van der Waals surface area contributed by atoms with Crippen LogP contribution >= 0.6 is 17.0 Å². The Kier molecular flexibility index (Phi) is 15.2. The van der Waals surface area contributed by atoms with Crippen molar-refractivity contribution in [1.29, 1.82) is 0 Å². The third-order valence-electron chi connectivity index (χ3n) is 15.1. The van der Waals surface area contributed by atoms with E-state index >= 15 is 0 Å². The van der Waals surface area contributed by atoms with Crippen molar-refractivity contribution in [2.45, 2.75) is 132 Å². The Bertz CT molecular complexity index is 1390. The molecule has 0 heterocycles. The summed E-state index contributed by atoms with van der Waals surface area (Å²) in [6.07, 6.45) is 12.0. The van der Waals surface area contributed by atoms with E-state index in [4.69, 9.17) is 21.8 Å². The van der Waals surface area contributed by atoms with Crippen molar-refractivity contribution in [1.82, 2.24) is 0 Å². The molecular formula is C47H72Cl2OZr. The van der Waals surface area contributed by atoms with Crippen LogP contribution in [0.25, 0.3) is 0 Å². The van der Waals surface area contributed by atoms with Gasteiger partial charge in [-0.1, -0.05) is 106 Å². The summed E-state index contributed by atoms with van der Waals surface area (Å²) in [6, 6.07) is 15.0. The first kappa shape index (κ1) is 43.6. The van der Waals surface area contributed by atoms with E-state index in [9.17, 15) is 0 Å². The molecule has 5 aliphatic carbocycles. The third kappa shape index (κ3) is 8.81. The van der Waals surface area contributed by atoms with E-state index < -0.39 is 20.8 Å². The van der Waals surface area contributed by atoms with Crippen molar-refractivity contribution in [2.24, 2.45) is 70.5 Å². The minimum atomic E-state index is -0.826. The van der Waals surface area contributed by atoms with Crippen LogP contribution in [-0.2, 0) is 25.6 Å². The van der Waals surface area contributed by atoms with Crippen LogP contribution in [0.15, 0.2) is 36.4 Å². The van der Waals surface area contributed by atoms with Crippen molar-refractivity contribution in [2.75, 3.05) is 7.11 Å². The molecule has 14 atom stereocenters. The van der Waals surface area contributed by atoms with E-state index in [-0.39, 0.29) is 20.3 Å². The standard InChI is InChI=1S/C45H66O.2CH3.2ClH.Zr/c1-25-14-26(2)17-32(16-25)42-34-13-11-12-31(34)22-37-35(29(5)20-39(37)42)23-36-30(6)21-40-38(36)24-41(45(7,8)9)44(46-10)43(40)33-18-27(3)15-28(4)19-33;;;;;/h14-19,29-31,34-44H,11-13,20-24H2,1-10H3;2*1H3;2*1H;/q;2*-1;;;+4/p-2. The van der Waals surface area contributed by atoms with E-state index in [0.717, 1.165) is 65.1 Å². The van der Waals surface area contributed by atoms with Crippen LogP contribution < -0.4 is 0 Å². The molecule has 0 bridgehead atoms. The molecule has 7 rings (SSSR count). The molecule has 2 aromatic rings. The molecule has 0 spiro atoms. The molecular weight excluding hydrogens is 743 g/mol. The number of aryl methyl sites for hydroxylation is 4. The first-order valence-corrected chi connectivity index (χ1v) is 26.2. The van der Waals surface area contributed by atoms with Gasteiger partial charge in [0.15, 0.2) is 0 Å². The minimum absolute atomic E-state index is 0. The summed E-state index contributed by atoms with van der Waals surface area (Å²) in [5.41, 5.74) is 9.27. The van der Waals surface area contributed by atoms with Gasteiger partial charge >= 0.3 is 37.9 Å². The van der Waals surface area contributed by atoms with E-state index in [1.807, 2.05) is 7.11 Å². The monoisotopic (exact) mass is 812 g/mol. The molecule has 2 aromatic carbocycles. The zero-order chi connectivity index (χ0) is 35.4. The molecule has 14 unspecified atom stereocenters. The summed E-state index contributed by atoms with van der Waals surface area (Å²) in [4.78, 5) is 0. The molecule has 0 aromatic heterocycles. The maximum absolute atomic E-state index is 6.59. The molecule has 5 fully saturated rings. The second kappa shape index (κ2) is 17.8. The van der Waals surface area contributed by atoms with Crippen LogP contribution in [0.4, 0.5) is 0 Å². The van der Waals surface area contributed by atoms with Crippen LogP contribution in [0.2, 0.25) is 0 Å². The van der Waals surface area contributed by atoms with Gasteiger partial charge < -0.3 is 19.6 Å². The Labute approximate surface area is 334 Å². The van der Waals surface area contributed by atoms with Gasteiger partial charge in [0.25, 0.3) is 0 Å². The molecule has 0 N–H and O–H groups in total. The predicted molar refractivity (Wildman–Crippen MR) is 219 cm³/mol. The van der Waals surface area contributed by atoms with Gasteiger partial charge in [-0.2, -0.15) is 0 Å². The number of rotatable bonds is 5. The van der Waals surface area contributed by atoms with Crippen molar-refractivity contribution >= 4 is 17.0 Å². The SMILES string of the molecule is COC1C(c2cc(C)cc(C)c2)C2CC(C)C(CC3C(C)CC4C3CC3CCCC3C4c3cc(C)cc(C)c3)C2CC1C(C)(C)C.[CH3-].[CH3-].[Cl][Zr+2][Cl]. The number of hydrogen-bond acceptors (Lipinski definition) is 1. The molecule has 5 aliphatic rings. The summed E-state index contributed by atoms with van der Waals surface area (Å²) in [6.45, 7) is 22.0. The van der Waals surface area contributed by atoms with Gasteiger partial charge in [0.05, 0.1) is 6.10 Å². The van der Waals surface area contributed by atoms with Crippen molar-refractivity contribution in [3.8, 4) is 0 Å². The zero-order valence-electron chi connectivity index (χ0n) is 34.4. The topological polar surface area (TPSA) is 9.23 Å². The molecule has 284 valence electrons. The molecule has 1 nitrogen and oxygen atoms in total. The molecule has 4 heteroatoms. The molecule has 5 saturated carbocycles. The summed E-state index contributed by atoms with van der Waals surface area (Å²) < 4.78 is 6.59. The Balaban J connectivity index is 0.00000113. The van der Waals surface area contributed by atoms with Crippen LogP contribution in [0.5, 0.6) is 0 Å². The van der Waals surface area contributed by atoms with Gasteiger partial charge in [-0.3, -0.25) is 0 Å². The number of halogens is 2. The first-order chi connectivity index (χ1) is 23.2. The van der Waals surface area contributed by atoms with Gasteiger partial charge in [0.2, 0.25) is 0 Å². The van der Waals surface area contributed by atoms with Crippen molar-refractivity contribution in [3.05, 3.63) is 84.6 Å². The quantitative estimate of drug-likeness (QED) is 0.273. The number of benzene rings is 2. The molecule has 0 saturated heterocycles. The van der Waals surface area contributed by atoms with Crippen LogP contribution in [-0.4, -0.2) is 13.2 Å². The molecule has 0 radical (unpaired) electrons. The summed E-state index contributed by atoms with van der Waals surface area (Å²) in [7, 11) is 11.9. The zero-order valence-corrected chi connectivity index (χ0v) is 38.3. The normalized spacial score (nSPS) is 38.2. The number of methoxy groups -OCH3 is 1. The van der Waals surface area contributed by atoms with Crippen molar-refractivity contribution in [3.63, 3.8) is 0 Å². The fourth-order valence-corrected chi connectivity index (χ4v) is 13.6. The van der Waals surface area contributed by atoms with E-state index in [0.29, 0.717) is 17.9 Å². The summed E-state index contributed by atoms with van der Waals surface area (Å²) in [5, 5.41) is 0. The van der Waals surface area contributed by atoms with E-state index in [1.165, 1.54) is 73.6 Å². The van der Waals surface area contributed by atoms with Crippen LogP contribution in [0.3, 0.4) is 0 Å². The number of fused-ring (bicyclic) bond motifs is 3. The van der Waals surface area contributed by atoms with Gasteiger partial charge in [0.1, 0.15) is 0 Å². The fraction of sp³-hybridized carbons (Fsp3) is 0.702. The number of ether oxygens (including phenoxy) is 1. The third-order valence-corrected chi connectivity index (χ3v) is 15.1. The second-order valence-corrected chi connectivity index (χ2v) is 22.8. The van der Waals surface area contributed by atoms with Crippen LogP contribution in [0.1, 0.15) is 131 Å². The van der Waals surface area contributed by atoms with E-state index in [2.05, 4.69) is 98.7 Å². The predicted octanol–water partition coefficient (Wildman–Crippen LogP) is 14.1. The number of hydrogen-bond donors (Lipinski definition) is 0. The fourth-order valence-electron chi connectivity index (χ4n) is 13.6. The summed E-state index contributed by atoms with van der Waals surface area (Å²) >= 11 is -0.826.